The molecule has 1 aliphatic heterocycles. The molecule has 0 unspecified atom stereocenters. The van der Waals surface area contributed by atoms with E-state index in [-0.39, 0.29) is 5.78 Å². The Balaban J connectivity index is 1.81. The number of aryl methyl sites for hydroxylation is 1. The van der Waals surface area contributed by atoms with Crippen molar-refractivity contribution in [3.63, 3.8) is 0 Å². The molecule has 4 heteroatoms. The summed E-state index contributed by atoms with van der Waals surface area (Å²) in [5.41, 5.74) is 4.52. The first-order chi connectivity index (χ1) is 11.6. The number of benzene rings is 1. The number of aromatic nitrogens is 1. The second-order valence-electron chi connectivity index (χ2n) is 6.43. The normalized spacial score (nSPS) is 14.5. The van der Waals surface area contributed by atoms with Gasteiger partial charge in [0.05, 0.1) is 10.4 Å². The van der Waals surface area contributed by atoms with Gasteiger partial charge in [-0.3, -0.25) is 9.78 Å². The van der Waals surface area contributed by atoms with Gasteiger partial charge < -0.3 is 4.90 Å². The first-order valence-electron chi connectivity index (χ1n) is 8.39. The Hall–Kier alpha value is -2.20. The molecule has 122 valence electrons. The highest BCUT2D eigenvalue weighted by atomic mass is 32.1. The van der Waals surface area contributed by atoms with E-state index in [1.54, 1.807) is 18.3 Å². The topological polar surface area (TPSA) is 33.2 Å². The number of fused-ring (bicyclic) bond motifs is 1. The molecule has 4 rings (SSSR count). The molecule has 1 aromatic carbocycles. The first kappa shape index (κ1) is 15.3. The molecule has 3 heterocycles. The van der Waals surface area contributed by atoms with Crippen molar-refractivity contribution in [2.45, 2.75) is 26.7 Å². The molecule has 0 saturated carbocycles. The van der Waals surface area contributed by atoms with Crippen molar-refractivity contribution in [3.05, 3.63) is 47.0 Å². The van der Waals surface area contributed by atoms with Crippen LogP contribution in [-0.4, -0.2) is 23.9 Å². The lowest BCUT2D eigenvalue weighted by Crippen LogP contribution is -2.18. The number of nitrogens with zero attached hydrogens (tertiary/aromatic N) is 2. The SMILES string of the molecule is CC(=O)c1ccc(-c2ccc3c(N4CCCC4)cc(C)nc3c2)s1. The van der Waals surface area contributed by atoms with Crippen LogP contribution in [0.1, 0.15) is 35.1 Å². The van der Waals surface area contributed by atoms with Crippen molar-refractivity contribution in [1.29, 1.82) is 0 Å². The van der Waals surface area contributed by atoms with Crippen molar-refractivity contribution in [2.24, 2.45) is 0 Å². The van der Waals surface area contributed by atoms with Crippen LogP contribution >= 0.6 is 11.3 Å². The molecule has 0 amide bonds. The van der Waals surface area contributed by atoms with Gasteiger partial charge in [0.2, 0.25) is 0 Å². The van der Waals surface area contributed by atoms with Gasteiger partial charge in [0, 0.05) is 34.7 Å². The molecule has 0 radical (unpaired) electrons. The molecule has 1 saturated heterocycles. The van der Waals surface area contributed by atoms with Gasteiger partial charge in [-0.05, 0) is 56.5 Å². The summed E-state index contributed by atoms with van der Waals surface area (Å²) in [5, 5.41) is 1.22. The van der Waals surface area contributed by atoms with Crippen LogP contribution in [0.15, 0.2) is 36.4 Å². The third-order valence-electron chi connectivity index (χ3n) is 4.60. The largest absolute Gasteiger partial charge is 0.371 e. The van der Waals surface area contributed by atoms with Crippen LogP contribution in [0.2, 0.25) is 0 Å². The molecular weight excluding hydrogens is 316 g/mol. The zero-order chi connectivity index (χ0) is 16.7. The van der Waals surface area contributed by atoms with Gasteiger partial charge in [-0.2, -0.15) is 0 Å². The summed E-state index contributed by atoms with van der Waals surface area (Å²) in [5.74, 6) is 0.123. The fraction of sp³-hybridized carbons (Fsp3) is 0.300. The van der Waals surface area contributed by atoms with Crippen LogP contribution < -0.4 is 4.90 Å². The second-order valence-corrected chi connectivity index (χ2v) is 7.51. The monoisotopic (exact) mass is 336 g/mol. The number of pyridine rings is 1. The van der Waals surface area contributed by atoms with Crippen LogP contribution in [0.25, 0.3) is 21.3 Å². The zero-order valence-corrected chi connectivity index (χ0v) is 14.8. The van der Waals surface area contributed by atoms with E-state index in [1.807, 2.05) is 12.1 Å². The first-order valence-corrected chi connectivity index (χ1v) is 9.21. The quantitative estimate of drug-likeness (QED) is 0.626. The maximum atomic E-state index is 11.5. The molecule has 1 fully saturated rings. The van der Waals surface area contributed by atoms with E-state index in [4.69, 9.17) is 4.98 Å². The molecule has 3 nitrogen and oxygen atoms in total. The number of hydrogen-bond donors (Lipinski definition) is 0. The van der Waals surface area contributed by atoms with Gasteiger partial charge in [-0.1, -0.05) is 12.1 Å². The Morgan fingerprint density at radius 2 is 1.92 bits per heavy atom. The van der Waals surface area contributed by atoms with E-state index in [9.17, 15) is 4.79 Å². The highest BCUT2D eigenvalue weighted by Gasteiger charge is 2.16. The summed E-state index contributed by atoms with van der Waals surface area (Å²) in [6.45, 7) is 5.94. The van der Waals surface area contributed by atoms with Gasteiger partial charge in [0.25, 0.3) is 0 Å². The maximum absolute atomic E-state index is 11.5. The highest BCUT2D eigenvalue weighted by Crippen LogP contribution is 2.34. The van der Waals surface area contributed by atoms with Gasteiger partial charge in [0.1, 0.15) is 0 Å². The van der Waals surface area contributed by atoms with Crippen LogP contribution in [0.5, 0.6) is 0 Å². The van der Waals surface area contributed by atoms with Crippen molar-refractivity contribution in [1.82, 2.24) is 4.98 Å². The van der Waals surface area contributed by atoms with Crippen molar-refractivity contribution >= 4 is 33.7 Å². The molecule has 0 bridgehead atoms. The van der Waals surface area contributed by atoms with E-state index in [2.05, 4.69) is 36.1 Å². The lowest BCUT2D eigenvalue weighted by Gasteiger charge is -2.20. The molecule has 24 heavy (non-hydrogen) atoms. The predicted octanol–water partition coefficient (Wildman–Crippen LogP) is 5.07. The summed E-state index contributed by atoms with van der Waals surface area (Å²) in [6.07, 6.45) is 2.54. The Kier molecular flexibility index (Phi) is 3.85. The Morgan fingerprint density at radius 3 is 2.62 bits per heavy atom. The summed E-state index contributed by atoms with van der Waals surface area (Å²) < 4.78 is 0. The number of carbonyl (C=O) groups is 1. The number of rotatable bonds is 3. The van der Waals surface area contributed by atoms with Crippen molar-refractivity contribution in [3.8, 4) is 10.4 Å². The molecule has 1 aliphatic rings. The summed E-state index contributed by atoms with van der Waals surface area (Å²) in [6, 6.07) is 12.6. The number of ketones is 1. The molecule has 3 aromatic rings. The van der Waals surface area contributed by atoms with E-state index in [1.165, 1.54) is 23.9 Å². The lowest BCUT2D eigenvalue weighted by molar-refractivity contribution is 0.102. The standard InChI is InChI=1S/C20H20N2OS/c1-13-11-18(22-9-3-4-10-22)16-6-5-15(12-17(16)21-13)20-8-7-19(24-20)14(2)23/h5-8,11-12H,3-4,9-10H2,1-2H3. The maximum Gasteiger partial charge on any atom is 0.169 e. The van der Waals surface area contributed by atoms with Crippen LogP contribution in [0.4, 0.5) is 5.69 Å². The molecule has 0 N–H and O–H groups in total. The Morgan fingerprint density at radius 1 is 1.12 bits per heavy atom. The van der Waals surface area contributed by atoms with E-state index >= 15 is 0 Å². The fourth-order valence-corrected chi connectivity index (χ4v) is 4.29. The molecule has 0 aliphatic carbocycles. The summed E-state index contributed by atoms with van der Waals surface area (Å²) in [7, 11) is 0. The van der Waals surface area contributed by atoms with Crippen molar-refractivity contribution in [2.75, 3.05) is 18.0 Å². The van der Waals surface area contributed by atoms with E-state index in [0.29, 0.717) is 0 Å². The third kappa shape index (κ3) is 2.71. The predicted molar refractivity (Wildman–Crippen MR) is 101 cm³/mol. The Bertz CT molecular complexity index is 923. The minimum atomic E-state index is 0.123. The van der Waals surface area contributed by atoms with Crippen molar-refractivity contribution < 1.29 is 4.79 Å². The Labute approximate surface area is 146 Å². The van der Waals surface area contributed by atoms with Crippen LogP contribution in [0, 0.1) is 6.92 Å². The smallest absolute Gasteiger partial charge is 0.169 e. The highest BCUT2D eigenvalue weighted by molar-refractivity contribution is 7.17. The van der Waals surface area contributed by atoms with Gasteiger partial charge >= 0.3 is 0 Å². The zero-order valence-electron chi connectivity index (χ0n) is 14.0. The second kappa shape index (κ2) is 6.02. The van der Waals surface area contributed by atoms with Gasteiger partial charge in [-0.15, -0.1) is 11.3 Å². The van der Waals surface area contributed by atoms with E-state index < -0.39 is 0 Å². The van der Waals surface area contributed by atoms with Gasteiger partial charge in [-0.25, -0.2) is 0 Å². The molecule has 2 aromatic heterocycles. The number of Topliss-reactive ketones (excluding diaryl/α,β-unsaturated/α-hetero) is 1. The molecule has 0 atom stereocenters. The van der Waals surface area contributed by atoms with Crippen LogP contribution in [-0.2, 0) is 0 Å². The molecular formula is C20H20N2OS. The minimum Gasteiger partial charge on any atom is -0.371 e. The minimum absolute atomic E-state index is 0.123. The van der Waals surface area contributed by atoms with Gasteiger partial charge in [0.15, 0.2) is 5.78 Å². The summed E-state index contributed by atoms with van der Waals surface area (Å²) in [4.78, 5) is 20.7. The number of thiophene rings is 1. The fourth-order valence-electron chi connectivity index (χ4n) is 3.39. The number of carbonyl (C=O) groups excluding carboxylic acids is 1. The third-order valence-corrected chi connectivity index (χ3v) is 5.84. The average molecular weight is 336 g/mol. The van der Waals surface area contributed by atoms with E-state index in [0.717, 1.165) is 39.6 Å². The number of anilines is 1. The summed E-state index contributed by atoms with van der Waals surface area (Å²) >= 11 is 1.55. The number of hydrogen-bond acceptors (Lipinski definition) is 4. The van der Waals surface area contributed by atoms with Crippen LogP contribution in [0.3, 0.4) is 0 Å². The molecule has 0 spiro atoms. The average Bonchev–Trinajstić information content (AvgIpc) is 3.25. The lowest BCUT2D eigenvalue weighted by atomic mass is 10.1.